The molecule has 0 saturated heterocycles. The summed E-state index contributed by atoms with van der Waals surface area (Å²) in [5, 5.41) is 11.1. The van der Waals surface area contributed by atoms with Gasteiger partial charge >= 0.3 is 0 Å². The first-order chi connectivity index (χ1) is 33.6. The molecule has 1 aliphatic heterocycles. The van der Waals surface area contributed by atoms with Gasteiger partial charge in [0.05, 0.1) is 5.69 Å². The van der Waals surface area contributed by atoms with Gasteiger partial charge < -0.3 is 14.4 Å². The van der Waals surface area contributed by atoms with Crippen LogP contribution < -0.4 is 35.7 Å². The molecule has 0 bridgehead atoms. The Labute approximate surface area is 398 Å². The Morgan fingerprint density at radius 2 is 0.868 bits per heavy atom. The minimum Gasteiger partial charge on any atom is -0.310 e. The predicted octanol–water partition coefficient (Wildman–Crippen LogP) is 15.0. The summed E-state index contributed by atoms with van der Waals surface area (Å²) in [7, 11) is -2.64. The molecule has 12 rings (SSSR count). The van der Waals surface area contributed by atoms with Crippen molar-refractivity contribution >= 4 is 127 Å². The van der Waals surface area contributed by atoms with E-state index >= 15 is 4.57 Å². The van der Waals surface area contributed by atoms with Crippen LogP contribution in [-0.2, 0) is 4.57 Å². The standard InChI is InChI=1S/C61H44N4OP2/c1-67-65(51-23-13-5-14-24-51)52-36-34-50(35-37-52)64(48-21-11-4-12-22-48)56-39-40-57-61-55(56)38-29-43-27-28-44-41-53(42-58(59(44)60(43)61)68(57,66)54-25-15-6-16-26-54)63(47-19-9-3-10-20-47)49-32-30-46(31-33-49)62-45-17-7-2-8-18-45/h2-42,62H,1H2/p+1. The average Bonchev–Trinajstić information content (AvgIpc) is 3.40. The second-order valence-corrected chi connectivity index (χ2v) is 20.4. The fourth-order valence-electron chi connectivity index (χ4n) is 10.0. The van der Waals surface area contributed by atoms with Crippen LogP contribution in [0.15, 0.2) is 249 Å². The van der Waals surface area contributed by atoms with E-state index in [4.69, 9.17) is 0 Å². The minimum absolute atomic E-state index is 0.814. The van der Waals surface area contributed by atoms with Crippen molar-refractivity contribution in [1.82, 2.24) is 0 Å². The van der Waals surface area contributed by atoms with E-state index in [1.165, 1.54) is 0 Å². The number of rotatable bonds is 12. The number of nitrogens with two attached hydrogens (primary N) is 1. The van der Waals surface area contributed by atoms with Crippen LogP contribution >= 0.6 is 15.5 Å². The predicted molar refractivity (Wildman–Crippen MR) is 292 cm³/mol. The topological polar surface area (TPSA) is 43.4 Å². The smallest absolute Gasteiger partial charge is 0.172 e. The van der Waals surface area contributed by atoms with E-state index in [1.807, 2.05) is 48.5 Å². The number of quaternary nitrogens is 1. The molecule has 68 heavy (non-hydrogen) atoms. The molecule has 1 heterocycles. The third-order valence-electron chi connectivity index (χ3n) is 13.1. The number of anilines is 8. The van der Waals surface area contributed by atoms with Gasteiger partial charge in [0, 0.05) is 92.4 Å². The van der Waals surface area contributed by atoms with Gasteiger partial charge in [0.25, 0.3) is 0 Å². The van der Waals surface area contributed by atoms with Crippen LogP contribution in [0, 0.1) is 0 Å². The quantitative estimate of drug-likeness (QED) is 0.0753. The number of benzene rings is 11. The Hall–Kier alpha value is -8.04. The van der Waals surface area contributed by atoms with E-state index in [2.05, 4.69) is 226 Å². The summed E-state index contributed by atoms with van der Waals surface area (Å²) in [6.07, 6.45) is 4.24. The Balaban J connectivity index is 1.07. The van der Waals surface area contributed by atoms with Gasteiger partial charge in [-0.2, -0.15) is 0 Å². The van der Waals surface area contributed by atoms with Gasteiger partial charge in [-0.1, -0.05) is 134 Å². The third-order valence-corrected chi connectivity index (χ3v) is 17.0. The van der Waals surface area contributed by atoms with Gasteiger partial charge in [0.15, 0.2) is 7.14 Å². The zero-order valence-electron chi connectivity index (χ0n) is 37.1. The molecule has 1 atom stereocenters. The SMILES string of the molecule is C=PN(c1ccccc1)c1ccc(N(c2ccccc2)c2ccc3c4c2ccc2ccc5cc(N(c6ccccc6)c6ccc([NH2+]c7ccccc7)cc6)cc(c5c24)P3(=O)c2ccccc2)cc1. The molecule has 0 radical (unpaired) electrons. The molecule has 324 valence electrons. The summed E-state index contributed by atoms with van der Waals surface area (Å²) in [5.41, 5.74) is 10.4. The van der Waals surface area contributed by atoms with E-state index in [9.17, 15) is 0 Å². The largest absolute Gasteiger partial charge is 0.310 e. The van der Waals surface area contributed by atoms with Crippen LogP contribution in [0.4, 0.5) is 56.9 Å². The van der Waals surface area contributed by atoms with Crippen molar-refractivity contribution in [3.8, 4) is 0 Å². The molecule has 0 aromatic heterocycles. The molecule has 0 spiro atoms. The summed E-state index contributed by atoms with van der Waals surface area (Å²) in [6, 6.07) is 87.1. The molecule has 1 aliphatic rings. The monoisotopic (exact) mass is 911 g/mol. The van der Waals surface area contributed by atoms with Crippen molar-refractivity contribution in [1.29, 1.82) is 0 Å². The molecule has 0 amide bonds. The van der Waals surface area contributed by atoms with Gasteiger partial charge in [0.2, 0.25) is 0 Å². The van der Waals surface area contributed by atoms with Gasteiger partial charge in [-0.15, -0.1) is 0 Å². The van der Waals surface area contributed by atoms with Crippen LogP contribution in [0.5, 0.6) is 0 Å². The number of hydrogen-bond donors (Lipinski definition) is 1. The van der Waals surface area contributed by atoms with Crippen LogP contribution in [0.2, 0.25) is 0 Å². The maximum Gasteiger partial charge on any atom is 0.172 e. The van der Waals surface area contributed by atoms with Crippen molar-refractivity contribution in [3.63, 3.8) is 0 Å². The molecule has 1 unspecified atom stereocenters. The zero-order chi connectivity index (χ0) is 45.6. The van der Waals surface area contributed by atoms with Crippen molar-refractivity contribution in [2.45, 2.75) is 0 Å². The van der Waals surface area contributed by atoms with Crippen molar-refractivity contribution < 1.29 is 9.88 Å². The van der Waals surface area contributed by atoms with E-state index in [0.717, 1.165) is 113 Å². The summed E-state index contributed by atoms with van der Waals surface area (Å²) in [4.78, 5) is 4.62. The maximum atomic E-state index is 17.0. The van der Waals surface area contributed by atoms with Gasteiger partial charge in [-0.3, -0.25) is 9.99 Å². The van der Waals surface area contributed by atoms with Crippen LogP contribution in [0.1, 0.15) is 0 Å². The molecule has 11 aromatic carbocycles. The second kappa shape index (κ2) is 17.3. The van der Waals surface area contributed by atoms with Crippen molar-refractivity contribution in [2.75, 3.05) is 14.5 Å². The summed E-state index contributed by atoms with van der Waals surface area (Å²) in [5.74, 6) is 0. The lowest BCUT2D eigenvalue weighted by Crippen LogP contribution is -2.70. The van der Waals surface area contributed by atoms with Crippen LogP contribution in [0.25, 0.3) is 32.3 Å². The highest BCUT2D eigenvalue weighted by molar-refractivity contribution is 7.86. The van der Waals surface area contributed by atoms with Crippen molar-refractivity contribution in [2.24, 2.45) is 0 Å². The molecular formula is C61H45N4OP2+. The Morgan fingerprint density at radius 3 is 1.51 bits per heavy atom. The molecule has 11 aromatic rings. The molecular weight excluding hydrogens is 867 g/mol. The summed E-state index contributed by atoms with van der Waals surface area (Å²) >= 11 is 0. The summed E-state index contributed by atoms with van der Waals surface area (Å²) in [6.45, 7) is 0. The first kappa shape index (κ1) is 41.4. The molecule has 0 saturated carbocycles. The lowest BCUT2D eigenvalue weighted by atomic mass is 9.94. The Morgan fingerprint density at radius 1 is 0.382 bits per heavy atom. The Kier molecular flexibility index (Phi) is 10.5. The third kappa shape index (κ3) is 7.08. The number of nitrogens with zero attached hydrogens (tertiary/aromatic N) is 3. The van der Waals surface area contributed by atoms with E-state index in [1.54, 1.807) is 0 Å². The van der Waals surface area contributed by atoms with Crippen LogP contribution in [0.3, 0.4) is 0 Å². The molecule has 0 aliphatic carbocycles. The normalized spacial score (nSPS) is 13.9. The minimum atomic E-state index is -3.51. The first-order valence-electron chi connectivity index (χ1n) is 22.8. The van der Waals surface area contributed by atoms with E-state index < -0.39 is 7.14 Å². The lowest BCUT2D eigenvalue weighted by Gasteiger charge is -2.33. The highest BCUT2D eigenvalue weighted by Crippen LogP contribution is 2.55. The first-order valence-corrected chi connectivity index (χ1v) is 25.6. The van der Waals surface area contributed by atoms with Gasteiger partial charge in [-0.05, 0) is 125 Å². The fraction of sp³-hybridized carbons (Fsp3) is 0. The summed E-state index contributed by atoms with van der Waals surface area (Å²) < 4.78 is 19.2. The molecule has 5 nitrogen and oxygen atoms in total. The number of para-hydroxylation sites is 4. The highest BCUT2D eigenvalue weighted by Gasteiger charge is 2.39. The zero-order valence-corrected chi connectivity index (χ0v) is 38.9. The fourth-order valence-corrected chi connectivity index (χ4v) is 13.8. The second-order valence-electron chi connectivity index (χ2n) is 17.1. The van der Waals surface area contributed by atoms with E-state index in [-0.39, 0.29) is 0 Å². The van der Waals surface area contributed by atoms with Crippen LogP contribution in [-0.4, -0.2) is 6.30 Å². The van der Waals surface area contributed by atoms with Gasteiger partial charge in [0.1, 0.15) is 11.4 Å². The average molecular weight is 912 g/mol. The van der Waals surface area contributed by atoms with Crippen molar-refractivity contribution in [3.05, 3.63) is 249 Å². The highest BCUT2D eigenvalue weighted by atomic mass is 31.2. The number of hydrogen-bond acceptors (Lipinski definition) is 4. The Bertz CT molecular complexity index is 3690. The molecule has 0 fully saturated rings. The maximum absolute atomic E-state index is 17.0. The lowest BCUT2D eigenvalue weighted by molar-refractivity contribution is -0.478. The van der Waals surface area contributed by atoms with Gasteiger partial charge in [-0.25, -0.2) is 0 Å². The van der Waals surface area contributed by atoms with E-state index in [0.29, 0.717) is 0 Å². The molecule has 7 heteroatoms. The molecule has 2 N–H and O–H groups in total.